The van der Waals surface area contributed by atoms with E-state index in [1.807, 2.05) is 0 Å². The third kappa shape index (κ3) is 11.9. The zero-order valence-electron chi connectivity index (χ0n) is 26.3. The number of hydrogen-bond acceptors (Lipinski definition) is 12. The van der Waals surface area contributed by atoms with Gasteiger partial charge in [0.1, 0.15) is 42.5 Å². The number of guanidine groups is 1. The number of nitrogens with two attached hydrogens (primary N) is 4. The van der Waals surface area contributed by atoms with E-state index in [1.54, 1.807) is 5.38 Å². The van der Waals surface area contributed by atoms with Gasteiger partial charge in [0.15, 0.2) is 16.8 Å². The Bertz CT molecular complexity index is 1360. The van der Waals surface area contributed by atoms with Crippen molar-refractivity contribution in [3.8, 4) is 0 Å². The lowest BCUT2D eigenvalue weighted by Gasteiger charge is -2.49. The van der Waals surface area contributed by atoms with Crippen molar-refractivity contribution >= 4 is 76.1 Å². The quantitative estimate of drug-likeness (QED) is 0.0261. The number of halogens is 2. The lowest BCUT2D eigenvalue weighted by Crippen LogP contribution is -3.00. The summed E-state index contributed by atoms with van der Waals surface area (Å²) in [4.78, 5) is 61.8. The summed E-state index contributed by atoms with van der Waals surface area (Å²) in [5.41, 5.74) is 21.9. The van der Waals surface area contributed by atoms with Gasteiger partial charge in [-0.25, -0.2) is 9.78 Å². The van der Waals surface area contributed by atoms with E-state index in [0.717, 1.165) is 47.3 Å². The van der Waals surface area contributed by atoms with Crippen LogP contribution in [0.3, 0.4) is 0 Å². The fraction of sp³-hybridized carbons (Fsp3) is 0.560. The molecule has 15 N–H and O–H groups in total. The molecule has 274 valence electrons. The smallest absolute Gasteiger partial charge is 0.352 e. The first-order valence-electron chi connectivity index (χ1n) is 13.7. The van der Waals surface area contributed by atoms with E-state index >= 15 is 0 Å². The fourth-order valence-corrected chi connectivity index (χ4v) is 6.95. The summed E-state index contributed by atoms with van der Waals surface area (Å²) >= 11 is 2.61. The van der Waals surface area contributed by atoms with Crippen LogP contribution in [0.25, 0.3) is 0 Å². The van der Waals surface area contributed by atoms with Crippen LogP contribution < -0.4 is 40.7 Å². The SMILES string of the molecule is CO/N=C(/C(=O)N[C@@H]1C(=O)N2C(C(=O)O)=C(C[N+]3(C)CCCC3)CS[C@H]12)c1csc(N)n1.Cl.NC(N)=NCCC[C@H](N)C(=O)O.O.O.[Cl-]. The maximum atomic E-state index is 12.9. The molecule has 0 bridgehead atoms. The number of thioether (sulfide) groups is 1. The minimum absolute atomic E-state index is 0. The van der Waals surface area contributed by atoms with Crippen LogP contribution in [-0.4, -0.2) is 135 Å². The second-order valence-electron chi connectivity index (χ2n) is 10.6. The average Bonchev–Trinajstić information content (AvgIpc) is 3.59. The third-order valence-electron chi connectivity index (χ3n) is 7.20. The number of anilines is 1. The molecule has 2 saturated heterocycles. The third-order valence-corrected chi connectivity index (χ3v) is 9.22. The zero-order valence-corrected chi connectivity index (χ0v) is 29.5. The minimum atomic E-state index is -1.12. The van der Waals surface area contributed by atoms with E-state index in [-0.39, 0.29) is 64.0 Å². The van der Waals surface area contributed by atoms with Crippen molar-refractivity contribution in [2.75, 3.05) is 51.8 Å². The largest absolute Gasteiger partial charge is 1.00 e. The van der Waals surface area contributed by atoms with E-state index in [1.165, 1.54) is 23.8 Å². The first-order valence-corrected chi connectivity index (χ1v) is 15.6. The highest BCUT2D eigenvalue weighted by atomic mass is 35.5. The number of quaternary nitrogens is 1. The van der Waals surface area contributed by atoms with Crippen molar-refractivity contribution < 1.29 is 62.1 Å². The monoisotopic (exact) mass is 762 g/mol. The lowest BCUT2D eigenvalue weighted by molar-refractivity contribution is -0.893. The number of nitrogen functional groups attached to an aromatic ring is 1. The van der Waals surface area contributed by atoms with Crippen molar-refractivity contribution in [2.24, 2.45) is 27.3 Å². The zero-order chi connectivity index (χ0) is 32.6. The van der Waals surface area contributed by atoms with Gasteiger partial charge < -0.3 is 71.1 Å². The molecule has 4 heterocycles. The highest BCUT2D eigenvalue weighted by Crippen LogP contribution is 2.41. The van der Waals surface area contributed by atoms with Gasteiger partial charge in [0.2, 0.25) is 0 Å². The summed E-state index contributed by atoms with van der Waals surface area (Å²) in [6.45, 7) is 3.03. The highest BCUT2D eigenvalue weighted by Gasteiger charge is 2.55. The molecule has 48 heavy (non-hydrogen) atoms. The number of oxime groups is 1. The molecule has 3 aliphatic rings. The maximum Gasteiger partial charge on any atom is 0.352 e. The van der Waals surface area contributed by atoms with E-state index in [4.69, 9.17) is 32.9 Å². The summed E-state index contributed by atoms with van der Waals surface area (Å²) in [5, 5.41) is 26.0. The van der Waals surface area contributed by atoms with Crippen molar-refractivity contribution in [3.63, 3.8) is 0 Å². The molecule has 23 heteroatoms. The second-order valence-corrected chi connectivity index (χ2v) is 12.6. The molecule has 2 fully saturated rings. The number of carboxylic acid groups (broad SMARTS) is 2. The molecule has 0 spiro atoms. The number of thiazole rings is 1. The molecule has 0 unspecified atom stereocenters. The molecule has 4 rings (SSSR count). The summed E-state index contributed by atoms with van der Waals surface area (Å²) in [5.74, 6) is -2.70. The van der Waals surface area contributed by atoms with E-state index in [0.29, 0.717) is 31.7 Å². The molecule has 0 saturated carbocycles. The number of amides is 2. The number of carboxylic acids is 2. The Kier molecular flexibility index (Phi) is 20.2. The van der Waals surface area contributed by atoms with E-state index in [2.05, 4.69) is 27.5 Å². The number of fused-ring (bicyclic) bond motifs is 1. The van der Waals surface area contributed by atoms with E-state index in [9.17, 15) is 24.3 Å². The number of nitrogens with one attached hydrogen (secondary N) is 1. The number of carbonyl (C=O) groups is 4. The fourth-order valence-electron chi connectivity index (χ4n) is 5.07. The van der Waals surface area contributed by atoms with Crippen molar-refractivity contribution in [2.45, 2.75) is 43.1 Å². The number of likely N-dealkylation sites (tertiary alicyclic amines) is 1. The molecule has 0 aromatic carbocycles. The number of aliphatic carboxylic acids is 2. The predicted molar refractivity (Wildman–Crippen MR) is 180 cm³/mol. The number of β-lactam (4-membered cyclic amide) rings is 1. The van der Waals surface area contributed by atoms with Crippen LogP contribution in [0.15, 0.2) is 26.8 Å². The number of likely N-dealkylation sites (N-methyl/N-ethyl adjacent to an activating group) is 1. The number of aromatic nitrogens is 1. The Morgan fingerprint density at radius 3 is 2.35 bits per heavy atom. The van der Waals surface area contributed by atoms with Crippen LogP contribution >= 0.6 is 35.5 Å². The Balaban J connectivity index is 0. The topological polar surface area (TPSA) is 338 Å². The Hall–Kier alpha value is -3.44. The van der Waals surface area contributed by atoms with Gasteiger partial charge in [0.05, 0.1) is 20.1 Å². The molecule has 0 aliphatic carbocycles. The second kappa shape index (κ2) is 20.8. The average molecular weight is 764 g/mol. The first kappa shape index (κ1) is 46.7. The van der Waals surface area contributed by atoms with Gasteiger partial charge in [-0.2, -0.15) is 0 Å². The molecule has 1 aromatic heterocycles. The molecule has 19 nitrogen and oxygen atoms in total. The van der Waals surface area contributed by atoms with Crippen LogP contribution in [0.4, 0.5) is 5.13 Å². The summed E-state index contributed by atoms with van der Waals surface area (Å²) in [6, 6.07) is -1.68. The minimum Gasteiger partial charge on any atom is -1.00 e. The van der Waals surface area contributed by atoms with E-state index < -0.39 is 41.2 Å². The Morgan fingerprint density at radius 2 is 1.85 bits per heavy atom. The summed E-state index contributed by atoms with van der Waals surface area (Å²) < 4.78 is 0.785. The van der Waals surface area contributed by atoms with Gasteiger partial charge in [-0.1, -0.05) is 5.16 Å². The summed E-state index contributed by atoms with van der Waals surface area (Å²) in [6.07, 6.45) is 3.20. The molecular formula is C25H44Cl2N10O9S2. The highest BCUT2D eigenvalue weighted by molar-refractivity contribution is 8.00. The van der Waals surface area contributed by atoms with Crippen LogP contribution in [0.2, 0.25) is 0 Å². The van der Waals surface area contributed by atoms with Crippen LogP contribution in [0, 0.1) is 0 Å². The Labute approximate surface area is 297 Å². The predicted octanol–water partition coefficient (Wildman–Crippen LogP) is -5.72. The van der Waals surface area contributed by atoms with Gasteiger partial charge in [-0.15, -0.1) is 35.5 Å². The van der Waals surface area contributed by atoms with Gasteiger partial charge in [0.25, 0.3) is 11.8 Å². The first-order chi connectivity index (χ1) is 20.8. The standard InChI is InChI=1S/C19H24N6O5S2.C6H14N4O2.2ClH.2H2O/c1-25(5-3-4-6-25)7-10-8-31-17-13(16(27)24(17)14(10)18(28)29)22-15(26)12(23-30-2)11-9-32-19(20)21-11;7-4(5(11)12)2-1-3-10-6(8)9;;;;/h9,13,17H,3-8H2,1-2H3,(H3-,20,21,22,26,28,29);4H,1-3,7H2,(H,11,12)(H4,8,9,10);2*1H;2*1H2/b23-12+;;;;;/t13-,17-;4-;;;;/m10..../s1. The molecule has 3 aliphatic heterocycles. The van der Waals surface area contributed by atoms with Gasteiger partial charge in [0, 0.05) is 36.1 Å². The van der Waals surface area contributed by atoms with Crippen LogP contribution in [0.1, 0.15) is 31.4 Å². The molecular weight excluding hydrogens is 719 g/mol. The van der Waals surface area contributed by atoms with Gasteiger partial charge >= 0.3 is 11.9 Å². The Morgan fingerprint density at radius 1 is 1.23 bits per heavy atom. The van der Waals surface area contributed by atoms with Crippen molar-refractivity contribution in [1.29, 1.82) is 0 Å². The number of rotatable bonds is 12. The van der Waals surface area contributed by atoms with Crippen LogP contribution in [0.5, 0.6) is 0 Å². The molecule has 1 aromatic rings. The van der Waals surface area contributed by atoms with Crippen LogP contribution in [-0.2, 0) is 24.0 Å². The van der Waals surface area contributed by atoms with Crippen molar-refractivity contribution in [1.82, 2.24) is 15.2 Å². The van der Waals surface area contributed by atoms with Gasteiger partial charge in [-0.05, 0) is 12.8 Å². The van der Waals surface area contributed by atoms with Crippen molar-refractivity contribution in [3.05, 3.63) is 22.3 Å². The molecule has 0 radical (unpaired) electrons. The lowest BCUT2D eigenvalue weighted by atomic mass is 10.0. The van der Waals surface area contributed by atoms with Gasteiger partial charge in [-0.3, -0.25) is 24.3 Å². The normalized spacial score (nSPS) is 19.5. The number of aliphatic imine (C=N–C) groups is 1. The molecule has 3 atom stereocenters. The summed E-state index contributed by atoms with van der Waals surface area (Å²) in [7, 11) is 3.42. The number of carbonyl (C=O) groups excluding carboxylic acids is 2. The number of nitrogens with zero attached hydrogens (tertiary/aromatic N) is 5. The molecule has 2 amide bonds. The maximum absolute atomic E-state index is 12.9. The number of hydrogen-bond donors (Lipinski definition) is 7.